The first kappa shape index (κ1) is 17.6. The average Bonchev–Trinajstić information content (AvgIpc) is 3.25. The number of nitrogens with one attached hydrogen (secondary N) is 1. The SMILES string of the molecule is CCn1c(SC(C)C(=O)Nc2ccccc2F)nnc1-c1cccs1. The van der Waals surface area contributed by atoms with Gasteiger partial charge in [0.2, 0.25) is 5.91 Å². The summed E-state index contributed by atoms with van der Waals surface area (Å²) < 4.78 is 15.6. The number of para-hydroxylation sites is 1. The Morgan fingerprint density at radius 3 is 2.80 bits per heavy atom. The van der Waals surface area contributed by atoms with Crippen LogP contribution in [0, 0.1) is 5.82 Å². The molecule has 0 aliphatic carbocycles. The van der Waals surface area contributed by atoms with Crippen molar-refractivity contribution in [1.82, 2.24) is 14.8 Å². The number of hydrogen-bond donors (Lipinski definition) is 1. The molecule has 0 spiro atoms. The van der Waals surface area contributed by atoms with Crippen LogP contribution in [0.1, 0.15) is 13.8 Å². The summed E-state index contributed by atoms with van der Waals surface area (Å²) in [6, 6.07) is 10.1. The molecule has 1 unspecified atom stereocenters. The van der Waals surface area contributed by atoms with Gasteiger partial charge in [-0.15, -0.1) is 21.5 Å². The fourth-order valence-corrected chi connectivity index (χ4v) is 3.89. The van der Waals surface area contributed by atoms with Gasteiger partial charge in [-0.1, -0.05) is 30.0 Å². The van der Waals surface area contributed by atoms with Crippen LogP contribution in [-0.4, -0.2) is 25.9 Å². The molecule has 0 bridgehead atoms. The van der Waals surface area contributed by atoms with Gasteiger partial charge in [0.05, 0.1) is 15.8 Å². The Labute approximate surface area is 153 Å². The van der Waals surface area contributed by atoms with Gasteiger partial charge in [0.15, 0.2) is 11.0 Å². The molecule has 1 atom stereocenters. The summed E-state index contributed by atoms with van der Waals surface area (Å²) >= 11 is 2.90. The molecule has 2 heterocycles. The minimum atomic E-state index is -0.454. The van der Waals surface area contributed by atoms with E-state index in [9.17, 15) is 9.18 Å². The van der Waals surface area contributed by atoms with E-state index in [2.05, 4.69) is 15.5 Å². The van der Waals surface area contributed by atoms with E-state index in [0.717, 1.165) is 10.7 Å². The summed E-state index contributed by atoms with van der Waals surface area (Å²) in [7, 11) is 0. The predicted octanol–water partition coefficient (Wildman–Crippen LogP) is 4.28. The molecule has 1 N–H and O–H groups in total. The van der Waals surface area contributed by atoms with E-state index in [1.54, 1.807) is 30.4 Å². The highest BCUT2D eigenvalue weighted by Gasteiger charge is 2.21. The van der Waals surface area contributed by atoms with Crippen LogP contribution in [0.25, 0.3) is 10.7 Å². The van der Waals surface area contributed by atoms with E-state index in [1.165, 1.54) is 23.9 Å². The normalized spacial score (nSPS) is 12.1. The summed E-state index contributed by atoms with van der Waals surface area (Å²) in [5, 5.41) is 13.3. The minimum absolute atomic E-state index is 0.177. The lowest BCUT2D eigenvalue weighted by atomic mass is 10.3. The van der Waals surface area contributed by atoms with Crippen molar-refractivity contribution in [3.8, 4) is 10.7 Å². The zero-order valence-corrected chi connectivity index (χ0v) is 15.4. The summed E-state index contributed by atoms with van der Waals surface area (Å²) in [4.78, 5) is 13.4. The molecule has 0 saturated heterocycles. The van der Waals surface area contributed by atoms with Gasteiger partial charge >= 0.3 is 0 Å². The van der Waals surface area contributed by atoms with E-state index in [1.807, 2.05) is 29.0 Å². The van der Waals surface area contributed by atoms with Crippen LogP contribution in [0.5, 0.6) is 0 Å². The van der Waals surface area contributed by atoms with Crippen molar-refractivity contribution in [3.63, 3.8) is 0 Å². The molecule has 1 amide bonds. The van der Waals surface area contributed by atoms with Gasteiger partial charge in [-0.3, -0.25) is 4.79 Å². The number of aromatic nitrogens is 3. The minimum Gasteiger partial charge on any atom is -0.323 e. The van der Waals surface area contributed by atoms with Crippen LogP contribution in [0.15, 0.2) is 46.9 Å². The zero-order valence-electron chi connectivity index (χ0n) is 13.8. The van der Waals surface area contributed by atoms with Crippen LogP contribution in [0.3, 0.4) is 0 Å². The number of benzene rings is 1. The number of thiophene rings is 1. The number of hydrogen-bond acceptors (Lipinski definition) is 5. The first-order chi connectivity index (χ1) is 12.1. The Bertz CT molecular complexity index is 863. The van der Waals surface area contributed by atoms with Gasteiger partial charge in [0.25, 0.3) is 0 Å². The van der Waals surface area contributed by atoms with Crippen molar-refractivity contribution in [2.24, 2.45) is 0 Å². The fourth-order valence-electron chi connectivity index (χ4n) is 2.26. The molecule has 8 heteroatoms. The number of halogens is 1. The number of thioether (sulfide) groups is 1. The number of rotatable bonds is 6. The van der Waals surface area contributed by atoms with Gasteiger partial charge in [-0.25, -0.2) is 4.39 Å². The molecule has 0 saturated carbocycles. The largest absolute Gasteiger partial charge is 0.323 e. The smallest absolute Gasteiger partial charge is 0.237 e. The van der Waals surface area contributed by atoms with Gasteiger partial charge in [0, 0.05) is 6.54 Å². The lowest BCUT2D eigenvalue weighted by molar-refractivity contribution is -0.115. The molecular formula is C17H17FN4OS2. The Morgan fingerprint density at radius 2 is 2.12 bits per heavy atom. The van der Waals surface area contributed by atoms with Crippen molar-refractivity contribution >= 4 is 34.7 Å². The standard InChI is InChI=1S/C17H17FN4OS2/c1-3-22-15(14-9-6-10-24-14)20-21-17(22)25-11(2)16(23)19-13-8-5-4-7-12(13)18/h4-11H,3H2,1-2H3,(H,19,23). The number of amides is 1. The highest BCUT2D eigenvalue weighted by Crippen LogP contribution is 2.29. The second-order valence-electron chi connectivity index (χ2n) is 5.26. The first-order valence-electron chi connectivity index (χ1n) is 7.79. The molecule has 0 radical (unpaired) electrons. The maximum absolute atomic E-state index is 13.7. The third-order valence-corrected chi connectivity index (χ3v) is 5.50. The Hall–Kier alpha value is -2.19. The summed E-state index contributed by atoms with van der Waals surface area (Å²) in [6.45, 7) is 4.47. The molecule has 0 aliphatic rings. The Kier molecular flexibility index (Phi) is 5.50. The second kappa shape index (κ2) is 7.79. The van der Waals surface area contributed by atoms with E-state index >= 15 is 0 Å². The van der Waals surface area contributed by atoms with Gasteiger partial charge in [-0.05, 0) is 37.4 Å². The molecule has 2 aromatic heterocycles. The van der Waals surface area contributed by atoms with Crippen LogP contribution < -0.4 is 5.32 Å². The fraction of sp³-hybridized carbons (Fsp3) is 0.235. The molecule has 130 valence electrons. The number of carbonyl (C=O) groups is 1. The molecule has 25 heavy (non-hydrogen) atoms. The van der Waals surface area contributed by atoms with Crippen molar-refractivity contribution in [2.75, 3.05) is 5.32 Å². The van der Waals surface area contributed by atoms with Crippen molar-refractivity contribution in [2.45, 2.75) is 30.8 Å². The van der Waals surface area contributed by atoms with E-state index in [-0.39, 0.29) is 11.6 Å². The monoisotopic (exact) mass is 376 g/mol. The first-order valence-corrected chi connectivity index (χ1v) is 9.55. The molecular weight excluding hydrogens is 359 g/mol. The summed E-state index contributed by atoms with van der Waals surface area (Å²) in [5.41, 5.74) is 0.177. The molecule has 1 aromatic carbocycles. The van der Waals surface area contributed by atoms with E-state index < -0.39 is 11.1 Å². The summed E-state index contributed by atoms with van der Waals surface area (Å²) in [5.74, 6) is 0.0601. The maximum atomic E-state index is 13.7. The van der Waals surface area contributed by atoms with Crippen LogP contribution >= 0.6 is 23.1 Å². The highest BCUT2D eigenvalue weighted by atomic mass is 32.2. The van der Waals surface area contributed by atoms with E-state index in [0.29, 0.717) is 11.7 Å². The predicted molar refractivity (Wildman–Crippen MR) is 99.4 cm³/mol. The van der Waals surface area contributed by atoms with E-state index in [4.69, 9.17) is 0 Å². The van der Waals surface area contributed by atoms with Crippen LogP contribution in [0.2, 0.25) is 0 Å². The molecule has 3 aromatic rings. The molecule has 5 nitrogen and oxygen atoms in total. The third kappa shape index (κ3) is 3.91. The zero-order chi connectivity index (χ0) is 17.8. The maximum Gasteiger partial charge on any atom is 0.237 e. The number of anilines is 1. The molecule has 3 rings (SSSR count). The van der Waals surface area contributed by atoms with Crippen molar-refractivity contribution in [1.29, 1.82) is 0 Å². The third-order valence-electron chi connectivity index (χ3n) is 3.56. The van der Waals surface area contributed by atoms with Crippen molar-refractivity contribution in [3.05, 3.63) is 47.6 Å². The average molecular weight is 376 g/mol. The molecule has 0 aliphatic heterocycles. The second-order valence-corrected chi connectivity index (χ2v) is 7.51. The van der Waals surface area contributed by atoms with Crippen LogP contribution in [0.4, 0.5) is 10.1 Å². The topological polar surface area (TPSA) is 59.8 Å². The Balaban J connectivity index is 1.74. The van der Waals surface area contributed by atoms with Gasteiger partial charge in [0.1, 0.15) is 5.82 Å². The lowest BCUT2D eigenvalue weighted by Crippen LogP contribution is -2.23. The van der Waals surface area contributed by atoms with Crippen LogP contribution in [-0.2, 0) is 11.3 Å². The van der Waals surface area contributed by atoms with Gasteiger partial charge < -0.3 is 9.88 Å². The lowest BCUT2D eigenvalue weighted by Gasteiger charge is -2.13. The highest BCUT2D eigenvalue weighted by molar-refractivity contribution is 8.00. The van der Waals surface area contributed by atoms with Gasteiger partial charge in [-0.2, -0.15) is 0 Å². The number of carbonyl (C=O) groups excluding carboxylic acids is 1. The Morgan fingerprint density at radius 1 is 1.32 bits per heavy atom. The summed E-state index contributed by atoms with van der Waals surface area (Å²) in [6.07, 6.45) is 0. The van der Waals surface area contributed by atoms with Crippen molar-refractivity contribution < 1.29 is 9.18 Å². The quantitative estimate of drug-likeness (QED) is 0.652. The number of nitrogens with zero attached hydrogens (tertiary/aromatic N) is 3. The molecule has 0 fully saturated rings.